The highest BCUT2D eigenvalue weighted by Gasteiger charge is 2.25. The molecule has 1 unspecified atom stereocenters. The Labute approximate surface area is 166 Å². The van der Waals surface area contributed by atoms with Crippen molar-refractivity contribution in [3.63, 3.8) is 0 Å². The molecule has 1 N–H and O–H groups in total. The van der Waals surface area contributed by atoms with Crippen molar-refractivity contribution in [3.05, 3.63) is 59.1 Å². The van der Waals surface area contributed by atoms with Crippen LogP contribution in [0, 0.1) is 0 Å². The number of hydrogen-bond donors (Lipinski definition) is 1. The van der Waals surface area contributed by atoms with Gasteiger partial charge in [0.2, 0.25) is 5.43 Å². The van der Waals surface area contributed by atoms with Gasteiger partial charge in [0, 0.05) is 37.6 Å². The van der Waals surface area contributed by atoms with Crippen molar-refractivity contribution in [3.8, 4) is 0 Å². The molecule has 152 valence electrons. The molecule has 1 aromatic rings. The van der Waals surface area contributed by atoms with Crippen molar-refractivity contribution >= 4 is 11.8 Å². The van der Waals surface area contributed by atoms with E-state index < -0.39 is 17.2 Å². The van der Waals surface area contributed by atoms with E-state index in [4.69, 9.17) is 0 Å². The number of nitrogens with zero attached hydrogens (tertiary/aromatic N) is 2. The maximum atomic E-state index is 13.1. The van der Waals surface area contributed by atoms with Gasteiger partial charge in [-0.1, -0.05) is 31.9 Å². The third-order valence-electron chi connectivity index (χ3n) is 5.24. The van der Waals surface area contributed by atoms with Crippen molar-refractivity contribution in [1.82, 2.24) is 14.8 Å². The summed E-state index contributed by atoms with van der Waals surface area (Å²) in [4.78, 5) is 40.3. The van der Waals surface area contributed by atoms with Crippen LogP contribution in [0.5, 0.6) is 0 Å². The smallest absolute Gasteiger partial charge is 0.259 e. The summed E-state index contributed by atoms with van der Waals surface area (Å²) >= 11 is 0. The first-order valence-electron chi connectivity index (χ1n) is 10.0. The molecule has 1 fully saturated rings. The van der Waals surface area contributed by atoms with Crippen LogP contribution in [0.25, 0.3) is 0 Å². The number of amides is 2. The Morgan fingerprint density at radius 1 is 1.21 bits per heavy atom. The fraction of sp³-hybridized carbons (Fsp3) is 0.500. The van der Waals surface area contributed by atoms with Crippen molar-refractivity contribution in [2.24, 2.45) is 0 Å². The topological polar surface area (TPSA) is 71.4 Å². The van der Waals surface area contributed by atoms with Crippen LogP contribution in [0.2, 0.25) is 0 Å². The molecule has 0 spiro atoms. The maximum absolute atomic E-state index is 13.1. The average Bonchev–Trinajstić information content (AvgIpc) is 3.22. The highest BCUT2D eigenvalue weighted by Crippen LogP contribution is 2.29. The van der Waals surface area contributed by atoms with Gasteiger partial charge < -0.3 is 14.8 Å². The standard InChI is InChI=1S/C22H31N3O3/c1-5-12-24(13-6-2)22(28)19-15-25(17-10-8-9-11-17)14-18(20(19)26)21(27)23-16(4)7-3/h5-6,14-17H,1-2,7-13H2,3-4H3,(H,23,27). The maximum Gasteiger partial charge on any atom is 0.259 e. The molecule has 2 rings (SSSR count). The summed E-state index contributed by atoms with van der Waals surface area (Å²) in [5, 5.41) is 2.84. The monoisotopic (exact) mass is 385 g/mol. The van der Waals surface area contributed by atoms with E-state index in [1.807, 2.05) is 18.4 Å². The second kappa shape index (κ2) is 10.1. The van der Waals surface area contributed by atoms with Gasteiger partial charge in [-0.3, -0.25) is 14.4 Å². The predicted molar refractivity (Wildman–Crippen MR) is 112 cm³/mol. The lowest BCUT2D eigenvalue weighted by molar-refractivity contribution is 0.0788. The molecule has 0 aromatic carbocycles. The molecular formula is C22H31N3O3. The molecule has 0 saturated heterocycles. The van der Waals surface area contributed by atoms with Crippen LogP contribution >= 0.6 is 0 Å². The lowest BCUT2D eigenvalue weighted by Gasteiger charge is -2.22. The minimum Gasteiger partial charge on any atom is -0.349 e. The van der Waals surface area contributed by atoms with E-state index in [1.165, 1.54) is 4.90 Å². The summed E-state index contributed by atoms with van der Waals surface area (Å²) in [6.45, 7) is 11.8. The Morgan fingerprint density at radius 2 is 1.79 bits per heavy atom. The van der Waals surface area contributed by atoms with Crippen molar-refractivity contribution in [2.75, 3.05) is 13.1 Å². The van der Waals surface area contributed by atoms with Gasteiger partial charge in [-0.2, -0.15) is 0 Å². The summed E-state index contributed by atoms with van der Waals surface area (Å²) in [5.41, 5.74) is -0.485. The molecule has 28 heavy (non-hydrogen) atoms. The first-order valence-corrected chi connectivity index (χ1v) is 10.0. The Balaban J connectivity index is 2.51. The molecule has 6 nitrogen and oxygen atoms in total. The first kappa shape index (κ1) is 21.7. The van der Waals surface area contributed by atoms with E-state index in [0.29, 0.717) is 13.1 Å². The lowest BCUT2D eigenvalue weighted by Crippen LogP contribution is -2.40. The summed E-state index contributed by atoms with van der Waals surface area (Å²) in [5.74, 6) is -0.838. The fourth-order valence-electron chi connectivity index (χ4n) is 3.45. The predicted octanol–water partition coefficient (Wildman–Crippen LogP) is 3.31. The Morgan fingerprint density at radius 3 is 2.32 bits per heavy atom. The van der Waals surface area contributed by atoms with Crippen LogP contribution in [0.4, 0.5) is 0 Å². The number of aromatic nitrogens is 1. The number of carbonyl (C=O) groups is 2. The highest BCUT2D eigenvalue weighted by molar-refractivity contribution is 5.99. The van der Waals surface area contributed by atoms with Gasteiger partial charge in [0.25, 0.3) is 11.8 Å². The lowest BCUT2D eigenvalue weighted by atomic mass is 10.1. The molecule has 0 aliphatic heterocycles. The molecule has 1 saturated carbocycles. The van der Waals surface area contributed by atoms with Gasteiger partial charge in [0.05, 0.1) is 0 Å². The van der Waals surface area contributed by atoms with E-state index in [0.717, 1.165) is 32.1 Å². The van der Waals surface area contributed by atoms with Gasteiger partial charge >= 0.3 is 0 Å². The first-order chi connectivity index (χ1) is 13.4. The molecule has 0 radical (unpaired) electrons. The SMILES string of the molecule is C=CCN(CC=C)C(=O)c1cn(C2CCCC2)cc(C(=O)NC(C)CC)c1=O. The minimum absolute atomic E-state index is 0.0207. The largest absolute Gasteiger partial charge is 0.349 e. The van der Waals surface area contributed by atoms with Gasteiger partial charge in [-0.05, 0) is 26.2 Å². The summed E-state index contributed by atoms with van der Waals surface area (Å²) in [6.07, 6.45) is 11.4. The van der Waals surface area contributed by atoms with E-state index in [-0.39, 0.29) is 23.2 Å². The normalized spacial score (nSPS) is 15.1. The zero-order chi connectivity index (χ0) is 20.7. The van der Waals surface area contributed by atoms with Crippen LogP contribution in [0.15, 0.2) is 42.5 Å². The van der Waals surface area contributed by atoms with Crippen molar-refractivity contribution in [2.45, 2.75) is 58.0 Å². The van der Waals surface area contributed by atoms with Gasteiger partial charge in [-0.15, -0.1) is 13.2 Å². The number of carbonyl (C=O) groups excluding carboxylic acids is 2. The highest BCUT2D eigenvalue weighted by atomic mass is 16.2. The van der Waals surface area contributed by atoms with Crippen molar-refractivity contribution in [1.29, 1.82) is 0 Å². The van der Waals surface area contributed by atoms with Crippen LogP contribution in [0.1, 0.15) is 72.7 Å². The van der Waals surface area contributed by atoms with Crippen LogP contribution in [-0.2, 0) is 0 Å². The quantitative estimate of drug-likeness (QED) is 0.663. The van der Waals surface area contributed by atoms with Crippen LogP contribution in [0.3, 0.4) is 0 Å². The summed E-state index contributed by atoms with van der Waals surface area (Å²) in [7, 11) is 0. The number of nitrogens with one attached hydrogen (secondary N) is 1. The number of rotatable bonds is 9. The Hall–Kier alpha value is -2.63. The minimum atomic E-state index is -0.529. The zero-order valence-electron chi connectivity index (χ0n) is 16.9. The molecule has 0 bridgehead atoms. The molecule has 1 aliphatic rings. The average molecular weight is 386 g/mol. The summed E-state index contributed by atoms with van der Waals surface area (Å²) in [6, 6.07) is 0.152. The van der Waals surface area contributed by atoms with E-state index in [9.17, 15) is 14.4 Å². The third-order valence-corrected chi connectivity index (χ3v) is 5.24. The van der Waals surface area contributed by atoms with Crippen LogP contribution < -0.4 is 10.7 Å². The van der Waals surface area contributed by atoms with Gasteiger partial charge in [0.15, 0.2) is 0 Å². The van der Waals surface area contributed by atoms with Crippen molar-refractivity contribution < 1.29 is 9.59 Å². The molecule has 6 heteroatoms. The Kier molecular flexibility index (Phi) is 7.79. The van der Waals surface area contributed by atoms with Gasteiger partial charge in [-0.25, -0.2) is 0 Å². The van der Waals surface area contributed by atoms with E-state index in [1.54, 1.807) is 24.5 Å². The molecule has 1 atom stereocenters. The number of hydrogen-bond acceptors (Lipinski definition) is 3. The van der Waals surface area contributed by atoms with E-state index >= 15 is 0 Å². The van der Waals surface area contributed by atoms with Gasteiger partial charge in [0.1, 0.15) is 11.1 Å². The second-order valence-electron chi connectivity index (χ2n) is 7.37. The molecular weight excluding hydrogens is 354 g/mol. The molecule has 2 amide bonds. The third kappa shape index (κ3) is 5.00. The second-order valence-corrected chi connectivity index (χ2v) is 7.37. The molecule has 1 heterocycles. The van der Waals surface area contributed by atoms with E-state index in [2.05, 4.69) is 18.5 Å². The molecule has 1 aliphatic carbocycles. The Bertz CT molecular complexity index is 781. The number of pyridine rings is 1. The molecule has 1 aromatic heterocycles. The zero-order valence-corrected chi connectivity index (χ0v) is 16.9. The fourth-order valence-corrected chi connectivity index (χ4v) is 3.45. The van der Waals surface area contributed by atoms with Crippen LogP contribution in [-0.4, -0.2) is 40.4 Å². The summed E-state index contributed by atoms with van der Waals surface area (Å²) < 4.78 is 1.88.